The maximum absolute atomic E-state index is 9.01. The molecule has 0 unspecified atom stereocenters. The van der Waals surface area contributed by atoms with Crippen LogP contribution in [-0.2, 0) is 9.37 Å². The summed E-state index contributed by atoms with van der Waals surface area (Å²) in [5, 5.41) is 20.2. The molecule has 12 heavy (non-hydrogen) atoms. The van der Waals surface area contributed by atoms with Gasteiger partial charge in [-0.2, -0.15) is 0 Å². The van der Waals surface area contributed by atoms with Gasteiger partial charge in [0.25, 0.3) is 0 Å². The van der Waals surface area contributed by atoms with E-state index in [0.29, 0.717) is 4.90 Å². The highest BCUT2D eigenvalue weighted by molar-refractivity contribution is 7.94. The van der Waals surface area contributed by atoms with Crippen LogP contribution in [0.15, 0.2) is 23.1 Å². The number of benzene rings is 1. The van der Waals surface area contributed by atoms with Crippen LogP contribution in [0.2, 0.25) is 0 Å². The normalized spacial score (nSPS) is 10.1. The van der Waals surface area contributed by atoms with Crippen LogP contribution in [-0.4, -0.2) is 10.4 Å². The third-order valence-corrected chi connectivity index (χ3v) is 1.73. The van der Waals surface area contributed by atoms with Crippen LogP contribution in [0.5, 0.6) is 5.75 Å². The number of hydrogen-bond acceptors (Lipinski definition) is 6. The molecule has 1 rings (SSSR count). The number of anilines is 1. The first-order valence-electron chi connectivity index (χ1n) is 2.97. The van der Waals surface area contributed by atoms with E-state index in [9.17, 15) is 0 Å². The van der Waals surface area contributed by atoms with Crippen molar-refractivity contribution in [3.63, 3.8) is 0 Å². The van der Waals surface area contributed by atoms with Crippen LogP contribution >= 0.6 is 12.0 Å². The van der Waals surface area contributed by atoms with E-state index < -0.39 is 0 Å². The number of aromatic hydroxyl groups is 1. The Morgan fingerprint density at radius 1 is 1.42 bits per heavy atom. The average Bonchev–Trinajstić information content (AvgIpc) is 2.07. The van der Waals surface area contributed by atoms with E-state index >= 15 is 0 Å². The standard InChI is InChI=1S/C6H7NO4S/c7-5-3-4(12-11-10-9)1-2-6(5)8/h1-3,8-9H,7H2. The third kappa shape index (κ3) is 2.28. The second-order valence-electron chi connectivity index (χ2n) is 1.95. The number of rotatable bonds is 3. The van der Waals surface area contributed by atoms with Gasteiger partial charge in [0, 0.05) is 4.90 Å². The Bertz CT molecular complexity index is 268. The van der Waals surface area contributed by atoms with Crippen molar-refractivity contribution in [1.29, 1.82) is 0 Å². The number of nitrogens with two attached hydrogens (primary N) is 1. The molecule has 0 spiro atoms. The molecule has 0 saturated carbocycles. The molecular weight excluding hydrogens is 182 g/mol. The van der Waals surface area contributed by atoms with E-state index in [1.165, 1.54) is 12.1 Å². The van der Waals surface area contributed by atoms with Gasteiger partial charge >= 0.3 is 0 Å². The van der Waals surface area contributed by atoms with Crippen molar-refractivity contribution in [2.24, 2.45) is 0 Å². The first-order valence-corrected chi connectivity index (χ1v) is 3.71. The summed E-state index contributed by atoms with van der Waals surface area (Å²) in [6, 6.07) is 4.47. The van der Waals surface area contributed by atoms with Crippen molar-refractivity contribution < 1.29 is 19.7 Å². The van der Waals surface area contributed by atoms with Gasteiger partial charge in [-0.05, 0) is 18.2 Å². The zero-order valence-corrected chi connectivity index (χ0v) is 6.75. The van der Waals surface area contributed by atoms with E-state index in [1.807, 2.05) is 0 Å². The molecule has 0 bridgehead atoms. The summed E-state index contributed by atoms with van der Waals surface area (Å²) in [6.45, 7) is 0. The van der Waals surface area contributed by atoms with Crippen molar-refractivity contribution >= 4 is 17.7 Å². The Morgan fingerprint density at radius 2 is 2.17 bits per heavy atom. The Labute approximate surface area is 72.8 Å². The summed E-state index contributed by atoms with van der Waals surface area (Å²) >= 11 is 0.780. The fourth-order valence-electron chi connectivity index (χ4n) is 0.639. The molecule has 6 heteroatoms. The molecule has 0 amide bonds. The van der Waals surface area contributed by atoms with E-state index in [0.717, 1.165) is 12.0 Å². The first kappa shape index (κ1) is 9.14. The summed E-state index contributed by atoms with van der Waals surface area (Å²) < 4.78 is 4.15. The van der Waals surface area contributed by atoms with Gasteiger partial charge in [0.2, 0.25) is 0 Å². The Hall–Kier alpha value is -0.950. The molecule has 4 N–H and O–H groups in total. The lowest BCUT2D eigenvalue weighted by Gasteiger charge is -2.00. The summed E-state index contributed by atoms with van der Waals surface area (Å²) in [7, 11) is 0. The van der Waals surface area contributed by atoms with Crippen molar-refractivity contribution in [1.82, 2.24) is 0 Å². The van der Waals surface area contributed by atoms with Crippen LogP contribution in [0.1, 0.15) is 0 Å². The molecule has 0 heterocycles. The highest BCUT2D eigenvalue weighted by atomic mass is 32.2. The second-order valence-corrected chi connectivity index (χ2v) is 2.72. The van der Waals surface area contributed by atoms with Crippen molar-refractivity contribution in [3.8, 4) is 5.75 Å². The maximum Gasteiger partial charge on any atom is 0.138 e. The Kier molecular flexibility index (Phi) is 3.18. The van der Waals surface area contributed by atoms with Crippen LogP contribution in [0, 0.1) is 0 Å². The SMILES string of the molecule is Nc1cc(SOOO)ccc1O. The van der Waals surface area contributed by atoms with Crippen LogP contribution in [0.25, 0.3) is 0 Å². The molecule has 0 fully saturated rings. The Morgan fingerprint density at radius 3 is 2.75 bits per heavy atom. The van der Waals surface area contributed by atoms with E-state index in [1.54, 1.807) is 6.07 Å². The number of nitrogen functional groups attached to an aromatic ring is 1. The predicted molar refractivity (Wildman–Crippen MR) is 43.2 cm³/mol. The lowest BCUT2D eigenvalue weighted by Crippen LogP contribution is -1.86. The topological polar surface area (TPSA) is 84.9 Å². The van der Waals surface area contributed by atoms with Crippen molar-refractivity contribution in [3.05, 3.63) is 18.2 Å². The minimum atomic E-state index is 0.00395. The van der Waals surface area contributed by atoms with Gasteiger partial charge in [0.1, 0.15) is 5.75 Å². The van der Waals surface area contributed by atoms with E-state index in [2.05, 4.69) is 9.37 Å². The monoisotopic (exact) mass is 189 g/mol. The fraction of sp³-hybridized carbons (Fsp3) is 0. The van der Waals surface area contributed by atoms with Crippen molar-refractivity contribution in [2.75, 3.05) is 5.73 Å². The smallest absolute Gasteiger partial charge is 0.138 e. The summed E-state index contributed by atoms with van der Waals surface area (Å²) in [4.78, 5) is 0.611. The summed E-state index contributed by atoms with van der Waals surface area (Å²) in [6.07, 6.45) is 0. The van der Waals surface area contributed by atoms with E-state index in [4.69, 9.17) is 16.1 Å². The largest absolute Gasteiger partial charge is 0.506 e. The lowest BCUT2D eigenvalue weighted by molar-refractivity contribution is -0.432. The lowest BCUT2D eigenvalue weighted by atomic mass is 10.3. The van der Waals surface area contributed by atoms with E-state index in [-0.39, 0.29) is 11.4 Å². The first-order chi connectivity index (χ1) is 5.74. The van der Waals surface area contributed by atoms with Crippen LogP contribution in [0.4, 0.5) is 5.69 Å². The third-order valence-electron chi connectivity index (χ3n) is 1.16. The number of phenols is 1. The maximum atomic E-state index is 9.01. The molecule has 0 radical (unpaired) electrons. The van der Waals surface area contributed by atoms with Gasteiger partial charge in [-0.25, -0.2) is 5.26 Å². The second kappa shape index (κ2) is 4.17. The predicted octanol–water partition coefficient (Wildman–Crippen LogP) is 1.40. The molecule has 0 aliphatic heterocycles. The highest BCUT2D eigenvalue weighted by Gasteiger charge is 2.00. The van der Waals surface area contributed by atoms with Gasteiger partial charge < -0.3 is 10.8 Å². The van der Waals surface area contributed by atoms with Crippen LogP contribution in [0.3, 0.4) is 0 Å². The molecular formula is C6H7NO4S. The number of phenolic OH excluding ortho intramolecular Hbond substituents is 1. The van der Waals surface area contributed by atoms with Gasteiger partial charge in [0.05, 0.1) is 17.7 Å². The molecule has 0 aromatic heterocycles. The Balaban J connectivity index is 2.69. The van der Waals surface area contributed by atoms with Gasteiger partial charge in [-0.1, -0.05) is 5.04 Å². The fourth-order valence-corrected chi connectivity index (χ4v) is 1.05. The molecule has 0 aliphatic carbocycles. The minimum absolute atomic E-state index is 0.00395. The van der Waals surface area contributed by atoms with Gasteiger partial charge in [0.15, 0.2) is 0 Å². The molecule has 0 aliphatic rings. The molecule has 1 aromatic carbocycles. The van der Waals surface area contributed by atoms with Crippen LogP contribution < -0.4 is 5.73 Å². The summed E-state index contributed by atoms with van der Waals surface area (Å²) in [5.41, 5.74) is 5.61. The number of hydrogen-bond donors (Lipinski definition) is 3. The molecule has 0 atom stereocenters. The zero-order valence-electron chi connectivity index (χ0n) is 5.93. The average molecular weight is 189 g/mol. The minimum Gasteiger partial charge on any atom is -0.506 e. The molecule has 66 valence electrons. The quantitative estimate of drug-likeness (QED) is 0.219. The summed E-state index contributed by atoms with van der Waals surface area (Å²) in [5.74, 6) is 0.00395. The van der Waals surface area contributed by atoms with Gasteiger partial charge in [-0.3, -0.25) is 0 Å². The van der Waals surface area contributed by atoms with Gasteiger partial charge in [-0.15, -0.1) is 4.33 Å². The molecule has 1 aromatic rings. The molecule has 5 nitrogen and oxygen atoms in total. The van der Waals surface area contributed by atoms with Crippen molar-refractivity contribution in [2.45, 2.75) is 4.90 Å². The zero-order chi connectivity index (χ0) is 8.97. The molecule has 0 saturated heterocycles. The highest BCUT2D eigenvalue weighted by Crippen LogP contribution is 2.27.